The quantitative estimate of drug-likeness (QED) is 0.818. The van der Waals surface area contributed by atoms with Gasteiger partial charge in [0, 0.05) is 36.3 Å². The Morgan fingerprint density at radius 3 is 2.48 bits per heavy atom. The number of hydrogen-bond donors (Lipinski definition) is 0. The van der Waals surface area contributed by atoms with Crippen LogP contribution in [0.2, 0.25) is 0 Å². The standard InChI is InChI=1S/C18H18BrFN2O/c19-15-5-3-6-16(13-15)21-8-10-22(11-9-21)18(23)12-14-4-1-2-7-17(14)20/h1-7,13H,8-12H2. The molecule has 0 unspecified atom stereocenters. The van der Waals surface area contributed by atoms with Gasteiger partial charge in [-0.05, 0) is 29.8 Å². The minimum absolute atomic E-state index is 0.0102. The van der Waals surface area contributed by atoms with E-state index >= 15 is 0 Å². The molecule has 3 nitrogen and oxygen atoms in total. The first-order chi connectivity index (χ1) is 11.1. The van der Waals surface area contributed by atoms with Gasteiger partial charge in [-0.3, -0.25) is 4.79 Å². The number of carbonyl (C=O) groups is 1. The molecule has 1 aliphatic heterocycles. The molecule has 5 heteroatoms. The van der Waals surface area contributed by atoms with Crippen molar-refractivity contribution in [2.75, 3.05) is 31.1 Å². The Bertz CT molecular complexity index is 699. The first kappa shape index (κ1) is 16.0. The summed E-state index contributed by atoms with van der Waals surface area (Å²) in [6.07, 6.45) is 0.129. The zero-order chi connectivity index (χ0) is 16.2. The summed E-state index contributed by atoms with van der Waals surface area (Å²) < 4.78 is 14.7. The molecule has 1 amide bonds. The summed E-state index contributed by atoms with van der Waals surface area (Å²) in [5.41, 5.74) is 1.62. The summed E-state index contributed by atoms with van der Waals surface area (Å²) in [6.45, 7) is 2.92. The molecule has 1 aliphatic rings. The minimum atomic E-state index is -0.311. The molecular weight excluding hydrogens is 359 g/mol. The molecular formula is C18H18BrFN2O. The van der Waals surface area contributed by atoms with Gasteiger partial charge >= 0.3 is 0 Å². The molecule has 0 atom stereocenters. The van der Waals surface area contributed by atoms with E-state index in [9.17, 15) is 9.18 Å². The van der Waals surface area contributed by atoms with Crippen molar-refractivity contribution in [3.8, 4) is 0 Å². The highest BCUT2D eigenvalue weighted by Crippen LogP contribution is 2.21. The van der Waals surface area contributed by atoms with Gasteiger partial charge in [-0.1, -0.05) is 40.2 Å². The zero-order valence-corrected chi connectivity index (χ0v) is 14.3. The highest BCUT2D eigenvalue weighted by atomic mass is 79.9. The summed E-state index contributed by atoms with van der Waals surface area (Å²) >= 11 is 3.48. The monoisotopic (exact) mass is 376 g/mol. The van der Waals surface area contributed by atoms with E-state index in [0.29, 0.717) is 18.7 Å². The van der Waals surface area contributed by atoms with Crippen molar-refractivity contribution < 1.29 is 9.18 Å². The Morgan fingerprint density at radius 1 is 1.04 bits per heavy atom. The topological polar surface area (TPSA) is 23.6 Å². The lowest BCUT2D eigenvalue weighted by molar-refractivity contribution is -0.130. The van der Waals surface area contributed by atoms with Crippen LogP contribution >= 0.6 is 15.9 Å². The van der Waals surface area contributed by atoms with E-state index in [1.165, 1.54) is 6.07 Å². The van der Waals surface area contributed by atoms with Crippen LogP contribution in [0, 0.1) is 5.82 Å². The summed E-state index contributed by atoms with van der Waals surface area (Å²) in [6, 6.07) is 14.6. The van der Waals surface area contributed by atoms with Gasteiger partial charge in [-0.2, -0.15) is 0 Å². The van der Waals surface area contributed by atoms with Crippen molar-refractivity contribution in [1.82, 2.24) is 4.90 Å². The SMILES string of the molecule is O=C(Cc1ccccc1F)N1CCN(c2cccc(Br)c2)CC1. The summed E-state index contributed by atoms with van der Waals surface area (Å²) in [4.78, 5) is 16.4. The van der Waals surface area contributed by atoms with Gasteiger partial charge in [0.1, 0.15) is 5.82 Å². The van der Waals surface area contributed by atoms with Gasteiger partial charge in [0.2, 0.25) is 5.91 Å². The van der Waals surface area contributed by atoms with Crippen LogP contribution in [0.1, 0.15) is 5.56 Å². The Kier molecular flexibility index (Phi) is 4.96. The third-order valence-electron chi connectivity index (χ3n) is 4.11. The van der Waals surface area contributed by atoms with Gasteiger partial charge < -0.3 is 9.80 Å². The lowest BCUT2D eigenvalue weighted by atomic mass is 10.1. The molecule has 0 aliphatic carbocycles. The van der Waals surface area contributed by atoms with Crippen LogP contribution in [0.3, 0.4) is 0 Å². The van der Waals surface area contributed by atoms with E-state index in [-0.39, 0.29) is 18.1 Å². The summed E-state index contributed by atoms with van der Waals surface area (Å²) in [7, 11) is 0. The first-order valence-electron chi connectivity index (χ1n) is 7.65. The van der Waals surface area contributed by atoms with E-state index in [0.717, 1.165) is 23.2 Å². The molecule has 2 aromatic rings. The van der Waals surface area contributed by atoms with Crippen LogP contribution in [0.4, 0.5) is 10.1 Å². The van der Waals surface area contributed by atoms with Crippen LogP contribution in [0.5, 0.6) is 0 Å². The maximum absolute atomic E-state index is 13.7. The van der Waals surface area contributed by atoms with E-state index < -0.39 is 0 Å². The number of piperazine rings is 1. The second kappa shape index (κ2) is 7.13. The number of hydrogen-bond acceptors (Lipinski definition) is 2. The molecule has 2 aromatic carbocycles. The van der Waals surface area contributed by atoms with Crippen LogP contribution in [-0.2, 0) is 11.2 Å². The number of nitrogens with zero attached hydrogens (tertiary/aromatic N) is 2. The Balaban J connectivity index is 1.58. The number of rotatable bonds is 3. The molecule has 0 N–H and O–H groups in total. The minimum Gasteiger partial charge on any atom is -0.368 e. The predicted octanol–water partition coefficient (Wildman–Crippen LogP) is 3.48. The average Bonchev–Trinajstić information content (AvgIpc) is 2.57. The molecule has 1 saturated heterocycles. The molecule has 0 aromatic heterocycles. The third kappa shape index (κ3) is 3.91. The molecule has 3 rings (SSSR count). The summed E-state index contributed by atoms with van der Waals surface area (Å²) in [5.74, 6) is -0.322. The van der Waals surface area contributed by atoms with Crippen LogP contribution in [0.15, 0.2) is 53.0 Å². The number of benzene rings is 2. The van der Waals surface area contributed by atoms with E-state index in [2.05, 4.69) is 33.0 Å². The van der Waals surface area contributed by atoms with Gasteiger partial charge in [0.15, 0.2) is 0 Å². The van der Waals surface area contributed by atoms with Crippen LogP contribution in [0.25, 0.3) is 0 Å². The number of anilines is 1. The number of carbonyl (C=O) groups excluding carboxylic acids is 1. The maximum Gasteiger partial charge on any atom is 0.227 e. The largest absolute Gasteiger partial charge is 0.368 e. The van der Waals surface area contributed by atoms with Gasteiger partial charge in [-0.15, -0.1) is 0 Å². The maximum atomic E-state index is 13.7. The number of amides is 1. The molecule has 1 heterocycles. The number of halogens is 2. The Labute approximate surface area is 143 Å². The van der Waals surface area contributed by atoms with Crippen LogP contribution < -0.4 is 4.90 Å². The van der Waals surface area contributed by atoms with Crippen molar-refractivity contribution in [3.63, 3.8) is 0 Å². The molecule has 0 radical (unpaired) electrons. The van der Waals surface area contributed by atoms with E-state index in [4.69, 9.17) is 0 Å². The highest BCUT2D eigenvalue weighted by Gasteiger charge is 2.22. The second-order valence-corrected chi connectivity index (χ2v) is 6.53. The Hall–Kier alpha value is -1.88. The van der Waals surface area contributed by atoms with Crippen molar-refractivity contribution in [2.45, 2.75) is 6.42 Å². The Morgan fingerprint density at radius 2 is 1.78 bits per heavy atom. The smallest absolute Gasteiger partial charge is 0.227 e. The fourth-order valence-electron chi connectivity index (χ4n) is 2.80. The zero-order valence-electron chi connectivity index (χ0n) is 12.7. The van der Waals surface area contributed by atoms with Gasteiger partial charge in [-0.25, -0.2) is 4.39 Å². The fourth-order valence-corrected chi connectivity index (χ4v) is 3.19. The van der Waals surface area contributed by atoms with Crippen molar-refractivity contribution >= 4 is 27.5 Å². The average molecular weight is 377 g/mol. The van der Waals surface area contributed by atoms with Crippen molar-refractivity contribution in [3.05, 3.63) is 64.4 Å². The van der Waals surface area contributed by atoms with E-state index in [1.807, 2.05) is 17.0 Å². The third-order valence-corrected chi connectivity index (χ3v) is 4.60. The molecule has 1 fully saturated rings. The fraction of sp³-hybridized carbons (Fsp3) is 0.278. The van der Waals surface area contributed by atoms with Crippen molar-refractivity contribution in [1.29, 1.82) is 0 Å². The molecule has 23 heavy (non-hydrogen) atoms. The normalized spacial score (nSPS) is 14.9. The lowest BCUT2D eigenvalue weighted by Crippen LogP contribution is -2.49. The van der Waals surface area contributed by atoms with Gasteiger partial charge in [0.05, 0.1) is 6.42 Å². The summed E-state index contributed by atoms with van der Waals surface area (Å²) in [5, 5.41) is 0. The van der Waals surface area contributed by atoms with Crippen molar-refractivity contribution in [2.24, 2.45) is 0 Å². The first-order valence-corrected chi connectivity index (χ1v) is 8.44. The highest BCUT2D eigenvalue weighted by molar-refractivity contribution is 9.10. The molecule has 0 saturated carbocycles. The van der Waals surface area contributed by atoms with Gasteiger partial charge in [0.25, 0.3) is 0 Å². The second-order valence-electron chi connectivity index (χ2n) is 5.62. The molecule has 0 spiro atoms. The van der Waals surface area contributed by atoms with Crippen LogP contribution in [-0.4, -0.2) is 37.0 Å². The lowest BCUT2D eigenvalue weighted by Gasteiger charge is -2.36. The molecule has 0 bridgehead atoms. The molecule has 120 valence electrons. The predicted molar refractivity (Wildman–Crippen MR) is 93.0 cm³/mol. The van der Waals surface area contributed by atoms with E-state index in [1.54, 1.807) is 18.2 Å².